The Hall–Kier alpha value is -1.36. The fourth-order valence-electron chi connectivity index (χ4n) is 1.14. The Balaban J connectivity index is 3.35. The number of Topliss-reactive ketones (excluding diaryl/α,β-unsaturated/α-hetero) is 1. The molecule has 1 aromatic rings. The van der Waals surface area contributed by atoms with E-state index in [2.05, 4.69) is 21.2 Å². The Kier molecular flexibility index (Phi) is 3.47. The monoisotopic (exact) mass is 271 g/mol. The van der Waals surface area contributed by atoms with E-state index >= 15 is 0 Å². The normalized spacial score (nSPS) is 9.80. The Labute approximate surface area is 95.4 Å². The first-order chi connectivity index (χ1) is 6.97. The van der Waals surface area contributed by atoms with Crippen LogP contribution in [0.25, 0.3) is 0 Å². The van der Waals surface area contributed by atoms with Crippen molar-refractivity contribution in [1.29, 1.82) is 0 Å². The van der Waals surface area contributed by atoms with Crippen molar-refractivity contribution < 1.29 is 14.7 Å². The molecule has 0 fully saturated rings. The number of hydrogen-bond donors (Lipinski definition) is 2. The molecule has 5 heteroatoms. The maximum atomic E-state index is 11.3. The van der Waals surface area contributed by atoms with Crippen molar-refractivity contribution in [2.24, 2.45) is 0 Å². The average molecular weight is 272 g/mol. The van der Waals surface area contributed by atoms with Crippen LogP contribution in [-0.4, -0.2) is 23.8 Å². The van der Waals surface area contributed by atoms with Crippen molar-refractivity contribution in [1.82, 2.24) is 5.32 Å². The zero-order chi connectivity index (χ0) is 11.6. The Bertz CT molecular complexity index is 429. The molecule has 1 amide bonds. The molecule has 1 aromatic carbocycles. The predicted octanol–water partition coefficient (Wildman–Crippen LogP) is 1.72. The van der Waals surface area contributed by atoms with Crippen LogP contribution in [0.2, 0.25) is 0 Å². The molecule has 0 aliphatic heterocycles. The molecule has 0 spiro atoms. The highest BCUT2D eigenvalue weighted by molar-refractivity contribution is 9.10. The quantitative estimate of drug-likeness (QED) is 0.805. The van der Waals surface area contributed by atoms with Crippen LogP contribution in [0.4, 0.5) is 0 Å². The summed E-state index contributed by atoms with van der Waals surface area (Å²) in [7, 11) is 1.50. The number of aromatic hydroxyl groups is 1. The van der Waals surface area contributed by atoms with Crippen LogP contribution in [0.3, 0.4) is 0 Å². The van der Waals surface area contributed by atoms with Gasteiger partial charge >= 0.3 is 0 Å². The molecule has 80 valence electrons. The van der Waals surface area contributed by atoms with E-state index < -0.39 is 0 Å². The molecular weight excluding hydrogens is 262 g/mol. The standard InChI is InChI=1S/C10H10BrNO3/c1-5(13)7-3-6(10(15)12-2)4-8(11)9(7)14/h3-4,14H,1-2H3,(H,12,15). The first-order valence-electron chi connectivity index (χ1n) is 4.23. The number of phenolic OH excluding ortho intramolecular Hbond substituents is 1. The van der Waals surface area contributed by atoms with Gasteiger partial charge < -0.3 is 10.4 Å². The summed E-state index contributed by atoms with van der Waals surface area (Å²) in [5, 5.41) is 12.0. The second kappa shape index (κ2) is 4.44. The number of rotatable bonds is 2. The summed E-state index contributed by atoms with van der Waals surface area (Å²) >= 11 is 3.08. The molecule has 0 radical (unpaired) electrons. The summed E-state index contributed by atoms with van der Waals surface area (Å²) in [5.41, 5.74) is 0.454. The number of benzene rings is 1. The van der Waals surface area contributed by atoms with Gasteiger partial charge in [-0.3, -0.25) is 9.59 Å². The fraction of sp³-hybridized carbons (Fsp3) is 0.200. The largest absolute Gasteiger partial charge is 0.506 e. The topological polar surface area (TPSA) is 66.4 Å². The van der Waals surface area contributed by atoms with Crippen molar-refractivity contribution in [3.8, 4) is 5.75 Å². The summed E-state index contributed by atoms with van der Waals surface area (Å²) in [4.78, 5) is 22.5. The van der Waals surface area contributed by atoms with Crippen LogP contribution in [0, 0.1) is 0 Å². The molecule has 15 heavy (non-hydrogen) atoms. The number of carbonyl (C=O) groups is 2. The third-order valence-electron chi connectivity index (χ3n) is 1.93. The first kappa shape index (κ1) is 11.7. The second-order valence-electron chi connectivity index (χ2n) is 2.99. The average Bonchev–Trinajstić information content (AvgIpc) is 2.20. The maximum absolute atomic E-state index is 11.3. The SMILES string of the molecule is CNC(=O)c1cc(Br)c(O)c(C(C)=O)c1. The summed E-state index contributed by atoms with van der Waals surface area (Å²) in [5.74, 6) is -0.743. The van der Waals surface area contributed by atoms with Gasteiger partial charge in [-0.2, -0.15) is 0 Å². The molecule has 0 saturated carbocycles. The lowest BCUT2D eigenvalue weighted by atomic mass is 10.1. The van der Waals surface area contributed by atoms with Crippen LogP contribution in [0.15, 0.2) is 16.6 Å². The molecule has 4 nitrogen and oxygen atoms in total. The number of phenols is 1. The predicted molar refractivity (Wildman–Crippen MR) is 59.2 cm³/mol. The number of halogens is 1. The first-order valence-corrected chi connectivity index (χ1v) is 5.02. The second-order valence-corrected chi connectivity index (χ2v) is 3.84. The smallest absolute Gasteiger partial charge is 0.251 e. The van der Waals surface area contributed by atoms with Crippen LogP contribution in [-0.2, 0) is 0 Å². The molecule has 0 heterocycles. The molecule has 0 aliphatic carbocycles. The van der Waals surface area contributed by atoms with Crippen molar-refractivity contribution in [2.75, 3.05) is 7.05 Å². The van der Waals surface area contributed by atoms with E-state index in [1.807, 2.05) is 0 Å². The van der Waals surface area contributed by atoms with Gasteiger partial charge in [0, 0.05) is 12.6 Å². The molecule has 0 aliphatic rings. The van der Waals surface area contributed by atoms with Gasteiger partial charge in [0.2, 0.25) is 0 Å². The summed E-state index contributed by atoms with van der Waals surface area (Å²) in [6.45, 7) is 1.33. The lowest BCUT2D eigenvalue weighted by molar-refractivity contribution is 0.0963. The summed E-state index contributed by atoms with van der Waals surface area (Å²) in [6.07, 6.45) is 0. The molecule has 0 bridgehead atoms. The van der Waals surface area contributed by atoms with Crippen LogP contribution in [0.5, 0.6) is 5.75 Å². The van der Waals surface area contributed by atoms with E-state index in [-0.39, 0.29) is 23.0 Å². The van der Waals surface area contributed by atoms with E-state index in [1.54, 1.807) is 0 Å². The Morgan fingerprint density at radius 1 is 1.40 bits per heavy atom. The van der Waals surface area contributed by atoms with Gasteiger partial charge in [-0.25, -0.2) is 0 Å². The minimum Gasteiger partial charge on any atom is -0.506 e. The lowest BCUT2D eigenvalue weighted by Gasteiger charge is -2.06. The number of nitrogens with one attached hydrogen (secondary N) is 1. The van der Waals surface area contributed by atoms with Gasteiger partial charge in [0.05, 0.1) is 10.0 Å². The van der Waals surface area contributed by atoms with Gasteiger partial charge in [-0.15, -0.1) is 0 Å². The number of carbonyl (C=O) groups excluding carboxylic acids is 2. The molecule has 0 saturated heterocycles. The summed E-state index contributed by atoms with van der Waals surface area (Å²) < 4.78 is 0.328. The third-order valence-corrected chi connectivity index (χ3v) is 2.54. The molecular formula is C10H10BrNO3. The molecule has 0 aromatic heterocycles. The van der Waals surface area contributed by atoms with Crippen molar-refractivity contribution >= 4 is 27.6 Å². The van der Waals surface area contributed by atoms with Gasteiger partial charge in [0.15, 0.2) is 5.78 Å². The minimum atomic E-state index is -0.307. The van der Waals surface area contributed by atoms with Crippen molar-refractivity contribution in [2.45, 2.75) is 6.92 Å². The van der Waals surface area contributed by atoms with E-state index in [0.717, 1.165) is 0 Å². The van der Waals surface area contributed by atoms with E-state index in [1.165, 1.54) is 26.1 Å². The fourth-order valence-corrected chi connectivity index (χ4v) is 1.60. The lowest BCUT2D eigenvalue weighted by Crippen LogP contribution is -2.18. The van der Waals surface area contributed by atoms with Gasteiger partial charge in [-0.05, 0) is 35.0 Å². The van der Waals surface area contributed by atoms with E-state index in [0.29, 0.717) is 10.0 Å². The molecule has 0 unspecified atom stereocenters. The number of amides is 1. The van der Waals surface area contributed by atoms with Crippen LogP contribution < -0.4 is 5.32 Å². The summed E-state index contributed by atoms with van der Waals surface area (Å²) in [6, 6.07) is 2.82. The van der Waals surface area contributed by atoms with Gasteiger partial charge in [-0.1, -0.05) is 0 Å². The number of hydrogen-bond acceptors (Lipinski definition) is 3. The molecule has 0 atom stereocenters. The van der Waals surface area contributed by atoms with Gasteiger partial charge in [0.1, 0.15) is 5.75 Å². The van der Waals surface area contributed by atoms with Crippen molar-refractivity contribution in [3.05, 3.63) is 27.7 Å². The zero-order valence-corrected chi connectivity index (χ0v) is 9.88. The highest BCUT2D eigenvalue weighted by Gasteiger charge is 2.14. The molecule has 1 rings (SSSR count). The van der Waals surface area contributed by atoms with Crippen molar-refractivity contribution in [3.63, 3.8) is 0 Å². The highest BCUT2D eigenvalue weighted by Crippen LogP contribution is 2.29. The van der Waals surface area contributed by atoms with Crippen LogP contribution >= 0.6 is 15.9 Å². The van der Waals surface area contributed by atoms with Crippen LogP contribution in [0.1, 0.15) is 27.6 Å². The van der Waals surface area contributed by atoms with E-state index in [4.69, 9.17) is 0 Å². The Morgan fingerprint density at radius 2 is 2.00 bits per heavy atom. The minimum absolute atomic E-state index is 0.128. The highest BCUT2D eigenvalue weighted by atomic mass is 79.9. The zero-order valence-electron chi connectivity index (χ0n) is 8.30. The maximum Gasteiger partial charge on any atom is 0.251 e. The van der Waals surface area contributed by atoms with Gasteiger partial charge in [0.25, 0.3) is 5.91 Å². The third kappa shape index (κ3) is 2.36. The molecule has 2 N–H and O–H groups in total. The Morgan fingerprint density at radius 3 is 2.47 bits per heavy atom. The van der Waals surface area contributed by atoms with E-state index in [9.17, 15) is 14.7 Å². The number of ketones is 1.